The van der Waals surface area contributed by atoms with Gasteiger partial charge in [0.05, 0.1) is 7.11 Å². The Labute approximate surface area is 126 Å². The van der Waals surface area contributed by atoms with E-state index in [1.54, 1.807) is 22.5 Å². The maximum absolute atomic E-state index is 13.0. The molecule has 6 heteroatoms. The summed E-state index contributed by atoms with van der Waals surface area (Å²) in [4.78, 5) is 0.223. The summed E-state index contributed by atoms with van der Waals surface area (Å²) >= 11 is 0. The number of hydrogen-bond donors (Lipinski definition) is 1. The molecule has 2 fully saturated rings. The highest BCUT2D eigenvalue weighted by Crippen LogP contribution is 2.37. The van der Waals surface area contributed by atoms with Gasteiger partial charge < -0.3 is 10.5 Å². The van der Waals surface area contributed by atoms with E-state index < -0.39 is 10.0 Å². The molecule has 21 heavy (non-hydrogen) atoms. The van der Waals surface area contributed by atoms with E-state index in [0.717, 1.165) is 25.7 Å². The zero-order valence-electron chi connectivity index (χ0n) is 12.3. The van der Waals surface area contributed by atoms with Gasteiger partial charge in [-0.15, -0.1) is 0 Å². The van der Waals surface area contributed by atoms with Crippen molar-refractivity contribution in [2.75, 3.05) is 25.9 Å². The minimum absolute atomic E-state index is 0.223. The third-order valence-electron chi connectivity index (χ3n) is 4.12. The van der Waals surface area contributed by atoms with Gasteiger partial charge in [-0.2, -0.15) is 4.31 Å². The number of sulfonamides is 1. The fourth-order valence-corrected chi connectivity index (χ4v) is 4.21. The van der Waals surface area contributed by atoms with Crippen LogP contribution in [0, 0.1) is 11.8 Å². The first kappa shape index (κ1) is 14.7. The molecule has 2 aliphatic rings. The largest absolute Gasteiger partial charge is 0.495 e. The van der Waals surface area contributed by atoms with Crippen LogP contribution in [-0.2, 0) is 10.0 Å². The van der Waals surface area contributed by atoms with Gasteiger partial charge in [0.15, 0.2) is 0 Å². The van der Waals surface area contributed by atoms with Crippen LogP contribution in [0.15, 0.2) is 23.1 Å². The van der Waals surface area contributed by atoms with Gasteiger partial charge in [-0.25, -0.2) is 8.42 Å². The van der Waals surface area contributed by atoms with E-state index in [4.69, 9.17) is 10.5 Å². The van der Waals surface area contributed by atoms with Crippen LogP contribution in [0.1, 0.15) is 25.7 Å². The molecule has 0 bridgehead atoms. The second-order valence-electron chi connectivity index (χ2n) is 6.12. The Morgan fingerprint density at radius 2 is 1.76 bits per heavy atom. The van der Waals surface area contributed by atoms with Crippen LogP contribution in [0.5, 0.6) is 5.75 Å². The molecule has 0 aliphatic heterocycles. The standard InChI is InChI=1S/C15H22N2O3S/c1-20-14-8-13(16)6-7-15(14)21(18,19)17(9-11-2-3-11)10-12-4-5-12/h6-8,11-12H,2-5,9-10,16H2,1H3. The number of nitrogens with two attached hydrogens (primary N) is 1. The second-order valence-corrected chi connectivity index (χ2v) is 8.03. The van der Waals surface area contributed by atoms with Crippen molar-refractivity contribution in [3.8, 4) is 5.75 Å². The number of hydrogen-bond acceptors (Lipinski definition) is 4. The van der Waals surface area contributed by atoms with Crippen LogP contribution >= 0.6 is 0 Å². The highest BCUT2D eigenvalue weighted by atomic mass is 32.2. The monoisotopic (exact) mass is 310 g/mol. The summed E-state index contributed by atoms with van der Waals surface area (Å²) in [6.45, 7) is 1.26. The van der Waals surface area contributed by atoms with Crippen LogP contribution in [-0.4, -0.2) is 32.9 Å². The third-order valence-corrected chi connectivity index (χ3v) is 5.99. The molecular weight excluding hydrogens is 288 g/mol. The fourth-order valence-electron chi connectivity index (χ4n) is 2.48. The number of rotatable bonds is 7. The predicted octanol–water partition coefficient (Wildman–Crippen LogP) is 2.09. The molecule has 1 aromatic rings. The zero-order chi connectivity index (χ0) is 15.0. The quantitative estimate of drug-likeness (QED) is 0.783. The molecule has 2 saturated carbocycles. The topological polar surface area (TPSA) is 72.6 Å². The average Bonchev–Trinajstić information content (AvgIpc) is 3.32. The summed E-state index contributed by atoms with van der Waals surface area (Å²) in [5.41, 5.74) is 6.22. The SMILES string of the molecule is COc1cc(N)ccc1S(=O)(=O)N(CC1CC1)CC1CC1. The van der Waals surface area contributed by atoms with E-state index in [1.807, 2.05) is 0 Å². The van der Waals surface area contributed by atoms with E-state index in [9.17, 15) is 8.42 Å². The molecule has 116 valence electrons. The molecule has 2 aliphatic carbocycles. The number of methoxy groups -OCH3 is 1. The van der Waals surface area contributed by atoms with Gasteiger partial charge in [0.25, 0.3) is 0 Å². The zero-order valence-corrected chi connectivity index (χ0v) is 13.1. The van der Waals surface area contributed by atoms with Crippen LogP contribution in [0.4, 0.5) is 5.69 Å². The second kappa shape index (κ2) is 5.50. The smallest absolute Gasteiger partial charge is 0.246 e. The Balaban J connectivity index is 1.91. The summed E-state index contributed by atoms with van der Waals surface area (Å²) in [7, 11) is -2.05. The molecule has 5 nitrogen and oxygen atoms in total. The third kappa shape index (κ3) is 3.32. The van der Waals surface area contributed by atoms with Crippen molar-refractivity contribution in [3.63, 3.8) is 0 Å². The molecule has 0 atom stereocenters. The maximum Gasteiger partial charge on any atom is 0.246 e. The lowest BCUT2D eigenvalue weighted by Gasteiger charge is -2.23. The first-order valence-corrected chi connectivity index (χ1v) is 8.88. The summed E-state index contributed by atoms with van der Waals surface area (Å²) in [5.74, 6) is 1.38. The van der Waals surface area contributed by atoms with Gasteiger partial charge in [-0.05, 0) is 49.7 Å². The predicted molar refractivity (Wildman–Crippen MR) is 81.6 cm³/mol. The van der Waals surface area contributed by atoms with Gasteiger partial charge >= 0.3 is 0 Å². The van der Waals surface area contributed by atoms with Crippen molar-refractivity contribution in [2.45, 2.75) is 30.6 Å². The summed E-state index contributed by atoms with van der Waals surface area (Å²) in [5, 5.41) is 0. The Morgan fingerprint density at radius 1 is 1.19 bits per heavy atom. The first-order valence-electron chi connectivity index (χ1n) is 7.44. The summed E-state index contributed by atoms with van der Waals surface area (Å²) < 4.78 is 32.8. The van der Waals surface area contributed by atoms with Gasteiger partial charge in [0, 0.05) is 24.8 Å². The van der Waals surface area contributed by atoms with Crippen LogP contribution in [0.3, 0.4) is 0 Å². The number of benzene rings is 1. The molecular formula is C15H22N2O3S. The van der Waals surface area contributed by atoms with Crippen LogP contribution in [0.25, 0.3) is 0 Å². The molecule has 0 aromatic heterocycles. The Kier molecular flexibility index (Phi) is 3.84. The maximum atomic E-state index is 13.0. The molecule has 0 radical (unpaired) electrons. The number of nitrogens with zero attached hydrogens (tertiary/aromatic N) is 1. The lowest BCUT2D eigenvalue weighted by Crippen LogP contribution is -2.35. The van der Waals surface area contributed by atoms with Gasteiger partial charge in [0.2, 0.25) is 10.0 Å². The van der Waals surface area contributed by atoms with E-state index in [2.05, 4.69) is 0 Å². The van der Waals surface area contributed by atoms with Gasteiger partial charge in [0.1, 0.15) is 10.6 Å². The summed E-state index contributed by atoms with van der Waals surface area (Å²) in [6, 6.07) is 4.73. The van der Waals surface area contributed by atoms with Crippen LogP contribution in [0.2, 0.25) is 0 Å². The van der Waals surface area contributed by atoms with Crippen molar-refractivity contribution in [1.29, 1.82) is 0 Å². The minimum Gasteiger partial charge on any atom is -0.495 e. The van der Waals surface area contributed by atoms with Crippen LogP contribution < -0.4 is 10.5 Å². The molecule has 0 saturated heterocycles. The number of nitrogen functional groups attached to an aromatic ring is 1. The van der Waals surface area contributed by atoms with Crippen molar-refractivity contribution >= 4 is 15.7 Å². The van der Waals surface area contributed by atoms with Crippen molar-refractivity contribution in [2.24, 2.45) is 11.8 Å². The molecule has 0 unspecified atom stereocenters. The Bertz CT molecular complexity index is 608. The lowest BCUT2D eigenvalue weighted by molar-refractivity contribution is 0.372. The molecule has 3 rings (SSSR count). The summed E-state index contributed by atoms with van der Waals surface area (Å²) in [6.07, 6.45) is 4.54. The molecule has 0 amide bonds. The number of anilines is 1. The molecule has 2 N–H and O–H groups in total. The lowest BCUT2D eigenvalue weighted by atomic mass is 10.3. The van der Waals surface area contributed by atoms with E-state index in [0.29, 0.717) is 36.4 Å². The molecule has 1 aromatic carbocycles. The highest BCUT2D eigenvalue weighted by molar-refractivity contribution is 7.89. The Morgan fingerprint density at radius 3 is 2.24 bits per heavy atom. The van der Waals surface area contributed by atoms with Crippen molar-refractivity contribution in [3.05, 3.63) is 18.2 Å². The van der Waals surface area contributed by atoms with E-state index >= 15 is 0 Å². The minimum atomic E-state index is -3.52. The first-order chi connectivity index (χ1) is 10.0. The fraction of sp³-hybridized carbons (Fsp3) is 0.600. The van der Waals surface area contributed by atoms with E-state index in [1.165, 1.54) is 7.11 Å². The molecule has 0 heterocycles. The van der Waals surface area contributed by atoms with E-state index in [-0.39, 0.29) is 4.90 Å². The Hall–Kier alpha value is -1.27. The van der Waals surface area contributed by atoms with Crippen molar-refractivity contribution < 1.29 is 13.2 Å². The van der Waals surface area contributed by atoms with Gasteiger partial charge in [-0.1, -0.05) is 0 Å². The normalized spacial score (nSPS) is 19.0. The molecule has 0 spiro atoms. The average molecular weight is 310 g/mol. The highest BCUT2D eigenvalue weighted by Gasteiger charge is 2.36. The van der Waals surface area contributed by atoms with Crippen molar-refractivity contribution in [1.82, 2.24) is 4.31 Å². The van der Waals surface area contributed by atoms with Gasteiger partial charge in [-0.3, -0.25) is 0 Å². The number of ether oxygens (including phenoxy) is 1.